The second-order valence-corrected chi connectivity index (χ2v) is 9.22. The van der Waals surface area contributed by atoms with Gasteiger partial charge in [-0.2, -0.15) is 0 Å². The number of pyridine rings is 1. The lowest BCUT2D eigenvalue weighted by Crippen LogP contribution is -2.58. The number of fused-ring (bicyclic) bond motifs is 2. The Morgan fingerprint density at radius 2 is 2.10 bits per heavy atom. The van der Waals surface area contributed by atoms with Crippen molar-refractivity contribution in [3.05, 3.63) is 38.5 Å². The standard InChI is InChI=1S/C20H20FN5O3S/c1-29-23-15-6-25(9-20(15)7-22-8-20)14-5-13-11(4-12(14)21)17(27)16-18(28)24-30-19(16)26(13)10-2-3-10/h4-5,10,22H,2-3,6-9H2,1H3,(H,24,28). The fraction of sp³-hybridized carbons (Fsp3) is 0.450. The van der Waals surface area contributed by atoms with Crippen molar-refractivity contribution in [2.24, 2.45) is 10.6 Å². The zero-order valence-corrected chi connectivity index (χ0v) is 17.1. The summed E-state index contributed by atoms with van der Waals surface area (Å²) < 4.78 is 20.0. The van der Waals surface area contributed by atoms with Gasteiger partial charge >= 0.3 is 0 Å². The third-order valence-corrected chi connectivity index (χ3v) is 7.41. The van der Waals surface area contributed by atoms with Crippen molar-refractivity contribution >= 4 is 44.1 Å². The van der Waals surface area contributed by atoms with Crippen LogP contribution in [0.2, 0.25) is 0 Å². The van der Waals surface area contributed by atoms with Crippen LogP contribution in [0.5, 0.6) is 0 Å². The summed E-state index contributed by atoms with van der Waals surface area (Å²) in [6, 6.07) is 3.29. The van der Waals surface area contributed by atoms with Gasteiger partial charge in [-0.1, -0.05) is 5.16 Å². The molecule has 0 unspecified atom stereocenters. The molecule has 2 aromatic heterocycles. The van der Waals surface area contributed by atoms with Crippen LogP contribution >= 0.6 is 11.5 Å². The number of anilines is 1. The lowest BCUT2D eigenvalue weighted by atomic mass is 9.79. The Hall–Kier alpha value is -2.72. The predicted molar refractivity (Wildman–Crippen MR) is 114 cm³/mol. The van der Waals surface area contributed by atoms with Crippen LogP contribution in [0.3, 0.4) is 0 Å². The van der Waals surface area contributed by atoms with Crippen LogP contribution in [0.4, 0.5) is 10.1 Å². The Kier molecular flexibility index (Phi) is 3.70. The van der Waals surface area contributed by atoms with Crippen molar-refractivity contribution in [3.63, 3.8) is 0 Å². The maximum atomic E-state index is 15.3. The van der Waals surface area contributed by atoms with Crippen LogP contribution in [0.1, 0.15) is 18.9 Å². The van der Waals surface area contributed by atoms with Gasteiger partial charge < -0.3 is 19.6 Å². The predicted octanol–water partition coefficient (Wildman–Crippen LogP) is 1.79. The number of aromatic nitrogens is 2. The van der Waals surface area contributed by atoms with Gasteiger partial charge in [0.2, 0.25) is 5.43 Å². The molecular formula is C20H20FN5O3S. The summed E-state index contributed by atoms with van der Waals surface area (Å²) >= 11 is 1.17. The van der Waals surface area contributed by atoms with E-state index in [1.54, 1.807) is 6.07 Å². The third-order valence-electron chi connectivity index (χ3n) is 6.52. The summed E-state index contributed by atoms with van der Waals surface area (Å²) in [5.41, 5.74) is 1.08. The van der Waals surface area contributed by atoms with E-state index >= 15 is 4.39 Å². The van der Waals surface area contributed by atoms with E-state index in [0.717, 1.165) is 31.6 Å². The van der Waals surface area contributed by atoms with E-state index in [1.807, 2.05) is 9.47 Å². The number of nitrogens with one attached hydrogen (secondary N) is 2. The lowest BCUT2D eigenvalue weighted by molar-refractivity contribution is 0.200. The molecule has 3 aliphatic rings. The minimum absolute atomic E-state index is 0.127. The van der Waals surface area contributed by atoms with Gasteiger partial charge in [-0.3, -0.25) is 14.0 Å². The van der Waals surface area contributed by atoms with E-state index in [4.69, 9.17) is 4.84 Å². The van der Waals surface area contributed by atoms with Gasteiger partial charge in [0.05, 0.1) is 28.9 Å². The molecule has 0 amide bonds. The van der Waals surface area contributed by atoms with E-state index in [9.17, 15) is 9.59 Å². The van der Waals surface area contributed by atoms with Gasteiger partial charge in [-0.15, -0.1) is 0 Å². The van der Waals surface area contributed by atoms with Crippen molar-refractivity contribution in [1.29, 1.82) is 0 Å². The molecule has 30 heavy (non-hydrogen) atoms. The minimum atomic E-state index is -0.464. The Balaban J connectivity index is 1.57. The molecule has 1 aromatic carbocycles. The van der Waals surface area contributed by atoms with Crippen molar-refractivity contribution < 1.29 is 9.23 Å². The second kappa shape index (κ2) is 6.14. The third kappa shape index (κ3) is 2.37. The molecule has 1 spiro atoms. The number of hydrogen-bond donors (Lipinski definition) is 2. The first-order chi connectivity index (χ1) is 14.5. The number of benzene rings is 1. The first kappa shape index (κ1) is 18.1. The van der Waals surface area contributed by atoms with Crippen LogP contribution in [0.15, 0.2) is 26.9 Å². The van der Waals surface area contributed by atoms with Crippen molar-refractivity contribution in [1.82, 2.24) is 14.3 Å². The topological polar surface area (TPSA) is 91.7 Å². The van der Waals surface area contributed by atoms with Crippen LogP contribution < -0.4 is 21.2 Å². The normalized spacial score (nSPS) is 21.8. The van der Waals surface area contributed by atoms with Crippen molar-refractivity contribution in [2.45, 2.75) is 18.9 Å². The van der Waals surface area contributed by atoms with Gasteiger partial charge in [-0.05, 0) is 36.5 Å². The average molecular weight is 429 g/mol. The summed E-state index contributed by atoms with van der Waals surface area (Å²) in [6.07, 6.45) is 1.96. The molecule has 8 nitrogen and oxygen atoms in total. The summed E-state index contributed by atoms with van der Waals surface area (Å²) in [5.74, 6) is -0.464. The molecular weight excluding hydrogens is 409 g/mol. The average Bonchev–Trinajstić information content (AvgIpc) is 3.34. The van der Waals surface area contributed by atoms with Crippen LogP contribution in [0, 0.1) is 11.2 Å². The molecule has 4 heterocycles. The highest BCUT2D eigenvalue weighted by molar-refractivity contribution is 7.12. The van der Waals surface area contributed by atoms with E-state index in [0.29, 0.717) is 29.1 Å². The molecule has 6 rings (SSSR count). The zero-order chi connectivity index (χ0) is 20.6. The number of H-pyrrole nitrogens is 1. The van der Waals surface area contributed by atoms with E-state index < -0.39 is 16.8 Å². The molecule has 3 fully saturated rings. The van der Waals surface area contributed by atoms with Crippen LogP contribution in [0.25, 0.3) is 21.1 Å². The number of nitrogens with zero attached hydrogens (tertiary/aromatic N) is 3. The molecule has 10 heteroatoms. The quantitative estimate of drug-likeness (QED) is 0.620. The summed E-state index contributed by atoms with van der Waals surface area (Å²) in [7, 11) is 1.52. The fourth-order valence-electron chi connectivity index (χ4n) is 4.79. The van der Waals surface area contributed by atoms with Gasteiger partial charge in [0.25, 0.3) is 5.56 Å². The zero-order valence-electron chi connectivity index (χ0n) is 16.3. The molecule has 0 radical (unpaired) electrons. The molecule has 3 aromatic rings. The Bertz CT molecular complexity index is 1350. The maximum absolute atomic E-state index is 15.3. The van der Waals surface area contributed by atoms with Gasteiger partial charge in [0.1, 0.15) is 23.1 Å². The van der Waals surface area contributed by atoms with Crippen molar-refractivity contribution in [3.8, 4) is 0 Å². The highest BCUT2D eigenvalue weighted by atomic mass is 32.1. The van der Waals surface area contributed by atoms with E-state index in [-0.39, 0.29) is 22.2 Å². The van der Waals surface area contributed by atoms with Crippen molar-refractivity contribution in [2.75, 3.05) is 38.2 Å². The van der Waals surface area contributed by atoms with Gasteiger partial charge in [-0.25, -0.2) is 4.39 Å². The first-order valence-electron chi connectivity index (χ1n) is 9.97. The van der Waals surface area contributed by atoms with Gasteiger partial charge in [0.15, 0.2) is 0 Å². The highest BCUT2D eigenvalue weighted by Gasteiger charge is 2.49. The lowest BCUT2D eigenvalue weighted by Gasteiger charge is -2.38. The number of aromatic amines is 1. The Morgan fingerprint density at radius 1 is 1.30 bits per heavy atom. The largest absolute Gasteiger partial charge is 0.399 e. The molecule has 1 aliphatic carbocycles. The monoisotopic (exact) mass is 429 g/mol. The molecule has 2 saturated heterocycles. The number of rotatable bonds is 3. The first-order valence-corrected chi connectivity index (χ1v) is 10.8. The molecule has 0 bridgehead atoms. The van der Waals surface area contributed by atoms with Gasteiger partial charge in [0, 0.05) is 31.1 Å². The summed E-state index contributed by atoms with van der Waals surface area (Å²) in [5, 5.41) is 7.86. The van der Waals surface area contributed by atoms with E-state index in [1.165, 1.54) is 24.7 Å². The molecule has 2 N–H and O–H groups in total. The summed E-state index contributed by atoms with van der Waals surface area (Å²) in [6.45, 7) is 2.68. The fourth-order valence-corrected chi connectivity index (χ4v) is 5.71. The molecule has 156 valence electrons. The van der Waals surface area contributed by atoms with E-state index in [2.05, 4.69) is 14.8 Å². The Morgan fingerprint density at radius 3 is 2.77 bits per heavy atom. The smallest absolute Gasteiger partial charge is 0.271 e. The second-order valence-electron chi connectivity index (χ2n) is 8.42. The highest BCUT2D eigenvalue weighted by Crippen LogP contribution is 2.42. The number of hydrogen-bond acceptors (Lipinski definition) is 7. The number of halogens is 1. The molecule has 1 saturated carbocycles. The summed E-state index contributed by atoms with van der Waals surface area (Å²) in [4.78, 5) is 32.9. The maximum Gasteiger partial charge on any atom is 0.271 e. The van der Waals surface area contributed by atoms with Crippen LogP contribution in [-0.4, -0.2) is 47.9 Å². The minimum Gasteiger partial charge on any atom is -0.399 e. The SMILES string of the molecule is CON=C1CN(c2cc3c(cc2F)c(=O)c2c(=O)[nH]sc2n3C2CC2)CC12CNC2. The van der Waals surface area contributed by atoms with Crippen LogP contribution in [-0.2, 0) is 4.84 Å². The number of oxime groups is 1. The molecule has 2 aliphatic heterocycles. The Labute approximate surface area is 174 Å². The molecule has 0 atom stereocenters.